The molecule has 0 aliphatic heterocycles. The van der Waals surface area contributed by atoms with Crippen LogP contribution in [0.15, 0.2) is 28.8 Å². The number of benzene rings is 1. The monoisotopic (exact) mass is 359 g/mol. The number of carbonyl (C=O) groups excluding carboxylic acids is 1. The molecule has 2 aliphatic rings. The van der Waals surface area contributed by atoms with Crippen LogP contribution in [0.3, 0.4) is 0 Å². The Kier molecular flexibility index (Phi) is 4.28. The highest BCUT2D eigenvalue weighted by atomic mass is 35.5. The Hall–Kier alpha value is -1.88. The molecule has 0 bridgehead atoms. The number of aryl methyl sites for hydroxylation is 1. The molecule has 2 aliphatic carbocycles. The largest absolute Gasteiger partial charge is 0.343 e. The minimum absolute atomic E-state index is 0.0216. The molecule has 6 heteroatoms. The number of hydrogen-bond acceptors (Lipinski definition) is 4. The summed E-state index contributed by atoms with van der Waals surface area (Å²) in [5.41, 5.74) is 0.582. The zero-order valence-corrected chi connectivity index (χ0v) is 15.1. The second-order valence-corrected chi connectivity index (χ2v) is 7.65. The van der Waals surface area contributed by atoms with Crippen molar-refractivity contribution in [1.29, 1.82) is 0 Å². The van der Waals surface area contributed by atoms with Gasteiger partial charge in [-0.15, -0.1) is 0 Å². The van der Waals surface area contributed by atoms with E-state index in [1.54, 1.807) is 6.92 Å². The predicted molar refractivity (Wildman–Crippen MR) is 94.2 cm³/mol. The molecular weight excluding hydrogens is 338 g/mol. The van der Waals surface area contributed by atoms with E-state index in [1.807, 2.05) is 24.3 Å². The summed E-state index contributed by atoms with van der Waals surface area (Å²) in [5.74, 6) is 1.42. The van der Waals surface area contributed by atoms with Crippen LogP contribution in [0.1, 0.15) is 61.7 Å². The zero-order chi connectivity index (χ0) is 17.4. The van der Waals surface area contributed by atoms with Crippen LogP contribution in [0.4, 0.5) is 0 Å². The van der Waals surface area contributed by atoms with E-state index in [-0.39, 0.29) is 17.7 Å². The third kappa shape index (κ3) is 3.17. The maximum absolute atomic E-state index is 12.9. The molecule has 2 aromatic rings. The standard InChI is InChI=1S/C19H22ClN3O2/c1-12-21-18(23-25-12)19(9-5-2-6-10-19)22-17(24)15-11-14(15)13-7-3-4-8-16(13)20/h3-4,7-8,14-15H,2,5-6,9-11H2,1H3,(H,22,24)/t14-,15+/m1/s1. The quantitative estimate of drug-likeness (QED) is 0.891. The van der Waals surface area contributed by atoms with Crippen LogP contribution in [-0.2, 0) is 10.3 Å². The first-order valence-electron chi connectivity index (χ1n) is 8.96. The fraction of sp³-hybridized carbons (Fsp3) is 0.526. The summed E-state index contributed by atoms with van der Waals surface area (Å²) < 4.78 is 5.18. The van der Waals surface area contributed by atoms with E-state index >= 15 is 0 Å². The molecule has 1 aromatic carbocycles. The van der Waals surface area contributed by atoms with Crippen molar-refractivity contribution in [3.8, 4) is 0 Å². The molecule has 1 aromatic heterocycles. The van der Waals surface area contributed by atoms with Gasteiger partial charge in [0.15, 0.2) is 5.82 Å². The van der Waals surface area contributed by atoms with E-state index < -0.39 is 5.54 Å². The van der Waals surface area contributed by atoms with Gasteiger partial charge in [0.1, 0.15) is 5.54 Å². The summed E-state index contributed by atoms with van der Waals surface area (Å²) in [6, 6.07) is 7.78. The number of hydrogen-bond donors (Lipinski definition) is 1. The van der Waals surface area contributed by atoms with Crippen molar-refractivity contribution in [3.05, 3.63) is 46.6 Å². The maximum atomic E-state index is 12.9. The SMILES string of the molecule is Cc1nc(C2(NC(=O)[C@H]3C[C@@H]3c3ccccc3Cl)CCCCC2)no1. The molecule has 2 atom stereocenters. The minimum Gasteiger partial charge on any atom is -0.343 e. The van der Waals surface area contributed by atoms with Gasteiger partial charge in [0.05, 0.1) is 0 Å². The molecule has 1 N–H and O–H groups in total. The zero-order valence-electron chi connectivity index (χ0n) is 14.3. The van der Waals surface area contributed by atoms with E-state index in [2.05, 4.69) is 15.5 Å². The Labute approximate surface area is 152 Å². The van der Waals surface area contributed by atoms with Gasteiger partial charge in [0.25, 0.3) is 0 Å². The summed E-state index contributed by atoms with van der Waals surface area (Å²) in [6.07, 6.45) is 5.87. The highest BCUT2D eigenvalue weighted by Gasteiger charge is 2.48. The van der Waals surface area contributed by atoms with Crippen LogP contribution in [-0.4, -0.2) is 16.0 Å². The van der Waals surface area contributed by atoms with Gasteiger partial charge in [-0.05, 0) is 36.8 Å². The average molecular weight is 360 g/mol. The van der Waals surface area contributed by atoms with Crippen molar-refractivity contribution in [2.45, 2.75) is 56.9 Å². The van der Waals surface area contributed by atoms with Crippen molar-refractivity contribution < 1.29 is 9.32 Å². The van der Waals surface area contributed by atoms with Crippen molar-refractivity contribution >= 4 is 17.5 Å². The van der Waals surface area contributed by atoms with Crippen LogP contribution in [0.25, 0.3) is 0 Å². The Morgan fingerprint density at radius 3 is 2.72 bits per heavy atom. The van der Waals surface area contributed by atoms with Gasteiger partial charge in [0, 0.05) is 17.9 Å². The van der Waals surface area contributed by atoms with Gasteiger partial charge >= 0.3 is 0 Å². The van der Waals surface area contributed by atoms with E-state index in [9.17, 15) is 4.79 Å². The first-order valence-corrected chi connectivity index (χ1v) is 9.34. The molecule has 132 valence electrons. The van der Waals surface area contributed by atoms with Gasteiger partial charge in [-0.25, -0.2) is 0 Å². The molecule has 2 saturated carbocycles. The fourth-order valence-electron chi connectivity index (χ4n) is 3.99. The molecule has 0 saturated heterocycles. The van der Waals surface area contributed by atoms with Crippen molar-refractivity contribution in [2.24, 2.45) is 5.92 Å². The normalized spacial score (nSPS) is 24.7. The van der Waals surface area contributed by atoms with Crippen LogP contribution in [0.2, 0.25) is 5.02 Å². The third-order valence-corrected chi connectivity index (χ3v) is 5.80. The van der Waals surface area contributed by atoms with Gasteiger partial charge in [0.2, 0.25) is 11.8 Å². The Balaban J connectivity index is 1.51. The van der Waals surface area contributed by atoms with Crippen LogP contribution < -0.4 is 5.32 Å². The number of halogens is 1. The average Bonchev–Trinajstić information content (AvgIpc) is 3.29. The molecule has 2 fully saturated rings. The van der Waals surface area contributed by atoms with E-state index in [1.165, 1.54) is 6.42 Å². The first kappa shape index (κ1) is 16.6. The number of amides is 1. The lowest BCUT2D eigenvalue weighted by atomic mass is 9.80. The number of nitrogens with zero attached hydrogens (tertiary/aromatic N) is 2. The van der Waals surface area contributed by atoms with Gasteiger partial charge in [-0.2, -0.15) is 4.98 Å². The molecular formula is C19H22ClN3O2. The predicted octanol–water partition coefficient (Wildman–Crippen LogP) is 4.11. The third-order valence-electron chi connectivity index (χ3n) is 5.46. The van der Waals surface area contributed by atoms with Crippen LogP contribution >= 0.6 is 11.6 Å². The molecule has 1 amide bonds. The number of carbonyl (C=O) groups is 1. The molecule has 5 nitrogen and oxygen atoms in total. The van der Waals surface area contributed by atoms with Gasteiger partial charge in [-0.1, -0.05) is 54.2 Å². The Bertz CT molecular complexity index is 782. The van der Waals surface area contributed by atoms with Crippen molar-refractivity contribution in [3.63, 3.8) is 0 Å². The fourth-order valence-corrected chi connectivity index (χ4v) is 4.26. The molecule has 1 heterocycles. The Morgan fingerprint density at radius 1 is 1.28 bits per heavy atom. The van der Waals surface area contributed by atoms with Crippen molar-refractivity contribution in [2.75, 3.05) is 0 Å². The number of aromatic nitrogens is 2. The second-order valence-electron chi connectivity index (χ2n) is 7.24. The van der Waals surface area contributed by atoms with E-state index in [0.717, 1.165) is 42.7 Å². The summed E-state index contributed by atoms with van der Waals surface area (Å²) in [6.45, 7) is 1.78. The second kappa shape index (κ2) is 6.45. The van der Waals surface area contributed by atoms with E-state index in [4.69, 9.17) is 16.1 Å². The Morgan fingerprint density at radius 2 is 2.04 bits per heavy atom. The maximum Gasteiger partial charge on any atom is 0.224 e. The summed E-state index contributed by atoms with van der Waals surface area (Å²) in [5, 5.41) is 8.13. The van der Waals surface area contributed by atoms with Crippen LogP contribution in [0, 0.1) is 12.8 Å². The lowest BCUT2D eigenvalue weighted by Crippen LogP contribution is -2.48. The van der Waals surface area contributed by atoms with E-state index in [0.29, 0.717) is 11.7 Å². The summed E-state index contributed by atoms with van der Waals surface area (Å²) in [4.78, 5) is 17.3. The topological polar surface area (TPSA) is 68.0 Å². The lowest BCUT2D eigenvalue weighted by Gasteiger charge is -2.35. The minimum atomic E-state index is -0.485. The number of rotatable bonds is 4. The lowest BCUT2D eigenvalue weighted by molar-refractivity contribution is -0.125. The molecule has 0 radical (unpaired) electrons. The summed E-state index contributed by atoms with van der Waals surface area (Å²) >= 11 is 6.28. The van der Waals surface area contributed by atoms with Gasteiger partial charge in [-0.3, -0.25) is 4.79 Å². The van der Waals surface area contributed by atoms with Crippen LogP contribution in [0.5, 0.6) is 0 Å². The first-order chi connectivity index (χ1) is 12.1. The molecule has 0 unspecified atom stereocenters. The smallest absolute Gasteiger partial charge is 0.224 e. The highest BCUT2D eigenvalue weighted by Crippen LogP contribution is 2.50. The molecule has 4 rings (SSSR count). The molecule has 0 spiro atoms. The van der Waals surface area contributed by atoms with Gasteiger partial charge < -0.3 is 9.84 Å². The summed E-state index contributed by atoms with van der Waals surface area (Å²) in [7, 11) is 0. The molecule has 25 heavy (non-hydrogen) atoms. The highest BCUT2D eigenvalue weighted by molar-refractivity contribution is 6.31. The number of nitrogens with one attached hydrogen (secondary N) is 1. The van der Waals surface area contributed by atoms with Crippen molar-refractivity contribution in [1.82, 2.24) is 15.5 Å².